The maximum atomic E-state index is 15.3. The van der Waals surface area contributed by atoms with Crippen LogP contribution in [-0.4, -0.2) is 41.8 Å². The number of rotatable bonds is 3. The fourth-order valence-corrected chi connectivity index (χ4v) is 3.40. The van der Waals surface area contributed by atoms with E-state index in [0.717, 1.165) is 18.9 Å². The number of aromatic carboxylic acids is 1. The van der Waals surface area contributed by atoms with Gasteiger partial charge in [-0.05, 0) is 18.9 Å². The lowest BCUT2D eigenvalue weighted by Crippen LogP contribution is -2.44. The molecule has 1 aliphatic carbocycles. The van der Waals surface area contributed by atoms with E-state index < -0.39 is 28.6 Å². The van der Waals surface area contributed by atoms with E-state index in [2.05, 4.69) is 5.32 Å². The van der Waals surface area contributed by atoms with E-state index in [1.165, 1.54) is 10.8 Å². The number of piperazine rings is 1. The molecule has 1 saturated carbocycles. The highest BCUT2D eigenvalue weighted by Crippen LogP contribution is 2.39. The summed E-state index contributed by atoms with van der Waals surface area (Å²) in [5, 5.41) is 12.1. The van der Waals surface area contributed by atoms with E-state index in [-0.39, 0.29) is 22.6 Å². The molecule has 4 rings (SSSR count). The quantitative estimate of drug-likeness (QED) is 0.883. The Morgan fingerprint density at radius 2 is 1.92 bits per heavy atom. The highest BCUT2D eigenvalue weighted by atomic mass is 19.1. The van der Waals surface area contributed by atoms with Gasteiger partial charge in [-0.3, -0.25) is 4.79 Å². The fourth-order valence-electron chi connectivity index (χ4n) is 3.40. The molecule has 1 aromatic heterocycles. The van der Waals surface area contributed by atoms with Gasteiger partial charge >= 0.3 is 5.97 Å². The number of aromatic nitrogens is 1. The molecule has 1 aromatic carbocycles. The van der Waals surface area contributed by atoms with Crippen molar-refractivity contribution in [3.8, 4) is 0 Å². The molecule has 6 nitrogen and oxygen atoms in total. The Balaban J connectivity index is 2.02. The van der Waals surface area contributed by atoms with E-state index in [1.54, 1.807) is 4.90 Å². The van der Waals surface area contributed by atoms with Crippen molar-refractivity contribution in [3.05, 3.63) is 39.7 Å². The highest BCUT2D eigenvalue weighted by molar-refractivity contribution is 5.94. The van der Waals surface area contributed by atoms with E-state index in [4.69, 9.17) is 0 Å². The van der Waals surface area contributed by atoms with Gasteiger partial charge in [-0.1, -0.05) is 0 Å². The number of hydrogen-bond acceptors (Lipinski definition) is 4. The SMILES string of the molecule is O=C(O)c1cn(C2CC2)c2c(F)c(N3CCNCC3)c(F)cc2c1=O. The second kappa shape index (κ2) is 5.80. The zero-order valence-electron chi connectivity index (χ0n) is 13.4. The van der Waals surface area contributed by atoms with Gasteiger partial charge in [-0.25, -0.2) is 13.6 Å². The number of anilines is 1. The second-order valence-corrected chi connectivity index (χ2v) is 6.47. The van der Waals surface area contributed by atoms with Crippen molar-refractivity contribution in [2.24, 2.45) is 0 Å². The van der Waals surface area contributed by atoms with Crippen LogP contribution in [0.4, 0.5) is 14.5 Å². The maximum absolute atomic E-state index is 15.3. The smallest absolute Gasteiger partial charge is 0.341 e. The molecule has 0 atom stereocenters. The molecular formula is C17H17F2N3O3. The van der Waals surface area contributed by atoms with Crippen LogP contribution in [0.2, 0.25) is 0 Å². The lowest BCUT2D eigenvalue weighted by Gasteiger charge is -2.30. The zero-order chi connectivity index (χ0) is 17.7. The lowest BCUT2D eigenvalue weighted by atomic mass is 10.1. The normalized spacial score (nSPS) is 17.9. The largest absolute Gasteiger partial charge is 0.477 e. The first-order chi connectivity index (χ1) is 12.0. The third kappa shape index (κ3) is 2.57. The molecule has 0 amide bonds. The molecule has 2 heterocycles. The maximum Gasteiger partial charge on any atom is 0.341 e. The number of carbonyl (C=O) groups is 1. The molecule has 2 aliphatic rings. The Kier molecular flexibility index (Phi) is 3.72. The summed E-state index contributed by atoms with van der Waals surface area (Å²) < 4.78 is 31.4. The summed E-state index contributed by atoms with van der Waals surface area (Å²) in [4.78, 5) is 25.4. The Bertz CT molecular complexity index is 931. The standard InChI is InChI=1S/C17H17F2N3O3/c18-12-7-10-14(13(19)15(12)21-5-3-20-4-6-21)22(9-1-2-9)8-11(16(10)23)17(24)25/h7-9,20H,1-6H2,(H,24,25). The fraction of sp³-hybridized carbons (Fsp3) is 0.412. The Morgan fingerprint density at radius 1 is 1.24 bits per heavy atom. The molecule has 0 bridgehead atoms. The van der Waals surface area contributed by atoms with Crippen LogP contribution in [0.25, 0.3) is 10.9 Å². The van der Waals surface area contributed by atoms with Crippen molar-refractivity contribution >= 4 is 22.6 Å². The third-order valence-electron chi connectivity index (χ3n) is 4.79. The van der Waals surface area contributed by atoms with Crippen LogP contribution in [0.3, 0.4) is 0 Å². The number of carboxylic acids is 1. The van der Waals surface area contributed by atoms with Crippen molar-refractivity contribution < 1.29 is 18.7 Å². The average Bonchev–Trinajstić information content (AvgIpc) is 3.41. The Morgan fingerprint density at radius 3 is 2.52 bits per heavy atom. The summed E-state index contributed by atoms with van der Waals surface area (Å²) >= 11 is 0. The van der Waals surface area contributed by atoms with Gasteiger partial charge in [0, 0.05) is 38.4 Å². The summed E-state index contributed by atoms with van der Waals surface area (Å²) in [7, 11) is 0. The van der Waals surface area contributed by atoms with Crippen LogP contribution in [0.5, 0.6) is 0 Å². The summed E-state index contributed by atoms with van der Waals surface area (Å²) in [6, 6.07) is 0.917. The van der Waals surface area contributed by atoms with Crippen molar-refractivity contribution in [1.82, 2.24) is 9.88 Å². The van der Waals surface area contributed by atoms with Gasteiger partial charge in [0.2, 0.25) is 5.43 Å². The first-order valence-electron chi connectivity index (χ1n) is 8.25. The van der Waals surface area contributed by atoms with Crippen molar-refractivity contribution in [2.75, 3.05) is 31.1 Å². The van der Waals surface area contributed by atoms with E-state index in [0.29, 0.717) is 26.2 Å². The van der Waals surface area contributed by atoms with Gasteiger partial charge in [-0.15, -0.1) is 0 Å². The molecular weight excluding hydrogens is 332 g/mol. The zero-order valence-corrected chi connectivity index (χ0v) is 13.4. The molecule has 1 saturated heterocycles. The van der Waals surface area contributed by atoms with Crippen LogP contribution < -0.4 is 15.6 Å². The van der Waals surface area contributed by atoms with E-state index in [9.17, 15) is 19.1 Å². The molecule has 2 N–H and O–H groups in total. The number of carboxylic acid groups (broad SMARTS) is 1. The molecule has 2 aromatic rings. The van der Waals surface area contributed by atoms with Gasteiger partial charge in [0.25, 0.3) is 0 Å². The average molecular weight is 349 g/mol. The number of hydrogen-bond donors (Lipinski definition) is 2. The monoisotopic (exact) mass is 349 g/mol. The number of nitrogens with zero attached hydrogens (tertiary/aromatic N) is 2. The summed E-state index contributed by atoms with van der Waals surface area (Å²) in [6.07, 6.45) is 2.74. The second-order valence-electron chi connectivity index (χ2n) is 6.47. The summed E-state index contributed by atoms with van der Waals surface area (Å²) in [6.45, 7) is 2.15. The lowest BCUT2D eigenvalue weighted by molar-refractivity contribution is 0.0695. The topological polar surface area (TPSA) is 74.6 Å². The van der Waals surface area contributed by atoms with Crippen molar-refractivity contribution in [2.45, 2.75) is 18.9 Å². The number of nitrogens with one attached hydrogen (secondary N) is 1. The van der Waals surface area contributed by atoms with Gasteiger partial charge in [-0.2, -0.15) is 0 Å². The summed E-state index contributed by atoms with van der Waals surface area (Å²) in [5.41, 5.74) is -1.48. The molecule has 25 heavy (non-hydrogen) atoms. The first kappa shape index (κ1) is 16.0. The molecule has 1 aliphatic heterocycles. The number of pyridine rings is 1. The number of fused-ring (bicyclic) bond motifs is 1. The minimum absolute atomic E-state index is 0.00701. The molecule has 0 radical (unpaired) electrons. The minimum atomic E-state index is -1.40. The van der Waals surface area contributed by atoms with Gasteiger partial charge in [0.1, 0.15) is 17.1 Å². The van der Waals surface area contributed by atoms with E-state index >= 15 is 4.39 Å². The molecule has 8 heteroatoms. The molecule has 0 spiro atoms. The van der Waals surface area contributed by atoms with Crippen LogP contribution in [0, 0.1) is 11.6 Å². The Hall–Kier alpha value is -2.48. The third-order valence-corrected chi connectivity index (χ3v) is 4.79. The number of benzene rings is 1. The van der Waals surface area contributed by atoms with Crippen LogP contribution in [0.1, 0.15) is 29.2 Å². The first-order valence-corrected chi connectivity index (χ1v) is 8.25. The van der Waals surface area contributed by atoms with Crippen molar-refractivity contribution in [1.29, 1.82) is 0 Å². The predicted octanol–water partition coefficient (Wildman–Crippen LogP) is 1.72. The molecule has 0 unspecified atom stereocenters. The van der Waals surface area contributed by atoms with Crippen LogP contribution in [0.15, 0.2) is 17.1 Å². The highest BCUT2D eigenvalue weighted by Gasteiger charge is 2.31. The van der Waals surface area contributed by atoms with Gasteiger partial charge < -0.3 is 19.9 Å². The predicted molar refractivity (Wildman–Crippen MR) is 88.4 cm³/mol. The van der Waals surface area contributed by atoms with Gasteiger partial charge in [0.05, 0.1) is 10.9 Å². The van der Waals surface area contributed by atoms with Crippen LogP contribution >= 0.6 is 0 Å². The molecule has 132 valence electrons. The minimum Gasteiger partial charge on any atom is -0.477 e. The number of halogens is 2. The Labute approximate surface area is 141 Å². The van der Waals surface area contributed by atoms with Crippen LogP contribution in [-0.2, 0) is 0 Å². The summed E-state index contributed by atoms with van der Waals surface area (Å²) in [5.74, 6) is -3.03. The van der Waals surface area contributed by atoms with E-state index in [1.807, 2.05) is 0 Å². The van der Waals surface area contributed by atoms with Gasteiger partial charge in [0.15, 0.2) is 5.82 Å². The van der Waals surface area contributed by atoms with Crippen molar-refractivity contribution in [3.63, 3.8) is 0 Å². The molecule has 2 fully saturated rings.